The van der Waals surface area contributed by atoms with Crippen molar-refractivity contribution in [3.8, 4) is 0 Å². The van der Waals surface area contributed by atoms with Crippen LogP contribution >= 0.6 is 0 Å². The molecule has 1 aromatic rings. The monoisotopic (exact) mass is 362 g/mol. The number of carbonyl (C=O) groups is 3. The molecule has 26 heavy (non-hydrogen) atoms. The Hall–Kier alpha value is -2.29. The molecule has 0 saturated carbocycles. The first-order chi connectivity index (χ1) is 12.4. The van der Waals surface area contributed by atoms with E-state index >= 15 is 0 Å². The summed E-state index contributed by atoms with van der Waals surface area (Å²) in [6.45, 7) is 6.27. The maximum absolute atomic E-state index is 12.5. The number of Topliss-reactive ketones (excluding diaryl/α,β-unsaturated/α-hetero) is 1. The van der Waals surface area contributed by atoms with Gasteiger partial charge in [-0.15, -0.1) is 5.10 Å². The van der Waals surface area contributed by atoms with Crippen LogP contribution in [0, 0.1) is 11.8 Å². The Morgan fingerprint density at radius 3 is 2.62 bits per heavy atom. The number of hydrogen-bond donors (Lipinski definition) is 2. The molecule has 2 amide bonds. The maximum Gasteiger partial charge on any atom is 0.224 e. The normalized spacial score (nSPS) is 27.2. The highest BCUT2D eigenvalue weighted by atomic mass is 16.2. The lowest BCUT2D eigenvalue weighted by molar-refractivity contribution is -0.133. The molecule has 0 aromatic carbocycles. The number of aromatic nitrogens is 3. The Kier molecular flexibility index (Phi) is 5.65. The second kappa shape index (κ2) is 7.94. The smallest absolute Gasteiger partial charge is 0.224 e. The average Bonchev–Trinajstić information content (AvgIpc) is 3.08. The summed E-state index contributed by atoms with van der Waals surface area (Å²) in [5.41, 5.74) is 0.386. The van der Waals surface area contributed by atoms with Gasteiger partial charge in [0.25, 0.3) is 0 Å². The zero-order valence-corrected chi connectivity index (χ0v) is 15.3. The zero-order chi connectivity index (χ0) is 18.7. The molecular formula is C17H26N6O3. The summed E-state index contributed by atoms with van der Waals surface area (Å²) >= 11 is 0. The molecule has 9 nitrogen and oxygen atoms in total. The molecule has 3 aliphatic rings. The van der Waals surface area contributed by atoms with Crippen molar-refractivity contribution in [3.63, 3.8) is 0 Å². The minimum absolute atomic E-state index is 0.000792. The van der Waals surface area contributed by atoms with Crippen LogP contribution in [0.1, 0.15) is 37.2 Å². The Balaban J connectivity index is 1.51. The van der Waals surface area contributed by atoms with Crippen molar-refractivity contribution in [2.24, 2.45) is 11.8 Å². The van der Waals surface area contributed by atoms with Crippen LogP contribution in [0.3, 0.4) is 0 Å². The highest BCUT2D eigenvalue weighted by molar-refractivity contribution is 5.91. The van der Waals surface area contributed by atoms with Crippen molar-refractivity contribution >= 4 is 17.6 Å². The molecule has 1 unspecified atom stereocenters. The fourth-order valence-corrected chi connectivity index (χ4v) is 3.95. The van der Waals surface area contributed by atoms with Crippen molar-refractivity contribution in [1.29, 1.82) is 0 Å². The van der Waals surface area contributed by atoms with Gasteiger partial charge in [0.2, 0.25) is 11.8 Å². The minimum atomic E-state index is -0.0917. The van der Waals surface area contributed by atoms with Crippen LogP contribution in [-0.2, 0) is 16.1 Å². The van der Waals surface area contributed by atoms with Gasteiger partial charge in [0.1, 0.15) is 5.69 Å². The topological polar surface area (TPSA) is 109 Å². The van der Waals surface area contributed by atoms with Gasteiger partial charge < -0.3 is 10.6 Å². The van der Waals surface area contributed by atoms with Crippen molar-refractivity contribution in [2.75, 3.05) is 26.2 Å². The quantitative estimate of drug-likeness (QED) is 0.497. The van der Waals surface area contributed by atoms with E-state index in [1.165, 1.54) is 13.8 Å². The number of hydrogen-bond acceptors (Lipinski definition) is 6. The third kappa shape index (κ3) is 4.27. The van der Waals surface area contributed by atoms with Crippen LogP contribution in [0.15, 0.2) is 6.20 Å². The first-order valence-electron chi connectivity index (χ1n) is 9.11. The third-order valence-corrected chi connectivity index (χ3v) is 5.31. The third-order valence-electron chi connectivity index (χ3n) is 5.31. The molecule has 4 rings (SSSR count). The van der Waals surface area contributed by atoms with Crippen LogP contribution in [0.5, 0.6) is 0 Å². The molecule has 0 aliphatic carbocycles. The first-order valence-corrected chi connectivity index (χ1v) is 9.11. The number of nitrogens with one attached hydrogen (secondary N) is 2. The molecule has 0 radical (unpaired) electrons. The van der Waals surface area contributed by atoms with Crippen LogP contribution < -0.4 is 10.6 Å². The Bertz CT molecular complexity index is 688. The summed E-state index contributed by atoms with van der Waals surface area (Å²) in [5.74, 6) is 0.259. The number of carbonyl (C=O) groups excluding carboxylic acids is 3. The predicted molar refractivity (Wildman–Crippen MR) is 93.3 cm³/mol. The molecule has 2 N–H and O–H groups in total. The summed E-state index contributed by atoms with van der Waals surface area (Å²) in [4.78, 5) is 37.0. The molecule has 3 saturated heterocycles. The van der Waals surface area contributed by atoms with Gasteiger partial charge >= 0.3 is 0 Å². The average molecular weight is 362 g/mol. The van der Waals surface area contributed by atoms with Gasteiger partial charge in [0, 0.05) is 39.5 Å². The molecule has 3 fully saturated rings. The lowest BCUT2D eigenvalue weighted by Crippen LogP contribution is -2.58. The number of piperidine rings is 3. The van der Waals surface area contributed by atoms with E-state index in [0.29, 0.717) is 37.3 Å². The van der Waals surface area contributed by atoms with Crippen molar-refractivity contribution in [2.45, 2.75) is 39.3 Å². The molecular weight excluding hydrogens is 336 g/mol. The summed E-state index contributed by atoms with van der Waals surface area (Å²) in [6, 6.07) is 0.318. The molecule has 4 atom stereocenters. The number of rotatable bonds is 7. The van der Waals surface area contributed by atoms with Gasteiger partial charge in [-0.3, -0.25) is 24.0 Å². The van der Waals surface area contributed by atoms with E-state index in [0.717, 1.165) is 25.9 Å². The minimum Gasteiger partial charge on any atom is -0.355 e. The zero-order valence-electron chi connectivity index (χ0n) is 15.3. The van der Waals surface area contributed by atoms with E-state index in [2.05, 4.69) is 25.8 Å². The Morgan fingerprint density at radius 2 is 2.00 bits per heavy atom. The Labute approximate surface area is 152 Å². The second-order valence-electron chi connectivity index (χ2n) is 7.20. The molecule has 142 valence electrons. The van der Waals surface area contributed by atoms with E-state index in [1.54, 1.807) is 10.9 Å². The summed E-state index contributed by atoms with van der Waals surface area (Å²) in [7, 11) is 0. The highest BCUT2D eigenvalue weighted by Crippen LogP contribution is 2.36. The number of ketones is 1. The fraction of sp³-hybridized carbons (Fsp3) is 0.706. The number of nitrogens with zero attached hydrogens (tertiary/aromatic N) is 4. The second-order valence-corrected chi connectivity index (χ2v) is 7.20. The lowest BCUT2D eigenvalue weighted by Gasteiger charge is -2.49. The van der Waals surface area contributed by atoms with Crippen LogP contribution in [0.2, 0.25) is 0 Å². The summed E-state index contributed by atoms with van der Waals surface area (Å²) in [6.07, 6.45) is 3.66. The predicted octanol–water partition coefficient (Wildman–Crippen LogP) is -0.557. The van der Waals surface area contributed by atoms with Crippen molar-refractivity contribution in [1.82, 2.24) is 30.5 Å². The molecule has 2 bridgehead atoms. The first kappa shape index (κ1) is 18.5. The van der Waals surface area contributed by atoms with Crippen LogP contribution in [0.25, 0.3) is 0 Å². The van der Waals surface area contributed by atoms with E-state index in [4.69, 9.17) is 0 Å². The molecule has 0 spiro atoms. The van der Waals surface area contributed by atoms with Crippen molar-refractivity contribution < 1.29 is 14.4 Å². The van der Waals surface area contributed by atoms with Gasteiger partial charge in [-0.1, -0.05) is 5.21 Å². The van der Waals surface area contributed by atoms with E-state index < -0.39 is 0 Å². The fourth-order valence-electron chi connectivity index (χ4n) is 3.95. The highest BCUT2D eigenvalue weighted by Gasteiger charge is 2.43. The molecule has 3 aliphatic heterocycles. The largest absolute Gasteiger partial charge is 0.355 e. The van der Waals surface area contributed by atoms with Crippen molar-refractivity contribution in [3.05, 3.63) is 11.9 Å². The summed E-state index contributed by atoms with van der Waals surface area (Å²) in [5, 5.41) is 13.5. The lowest BCUT2D eigenvalue weighted by atomic mass is 9.75. The number of fused-ring (bicyclic) bond motifs is 3. The summed E-state index contributed by atoms with van der Waals surface area (Å²) < 4.78 is 1.73. The van der Waals surface area contributed by atoms with E-state index in [1.807, 2.05) is 0 Å². The Morgan fingerprint density at radius 1 is 1.23 bits per heavy atom. The van der Waals surface area contributed by atoms with E-state index in [-0.39, 0.29) is 23.5 Å². The standard InChI is InChI=1S/C17H26N6O3/c1-11(24)16-10-23(21-20-16)8-14-7-13-3-6-22(14)9-15(13)17(26)19-5-4-18-12(2)25/h10,13-15H,3-9H2,1-2H3,(H,18,25)(H,19,26)/t13-,14+,15-/m0/s1. The van der Waals surface area contributed by atoms with Gasteiger partial charge in [-0.05, 0) is 25.3 Å². The van der Waals surface area contributed by atoms with Gasteiger partial charge in [0.15, 0.2) is 5.78 Å². The SMILES string of the molecule is CC(=O)NCCNC(=O)[C@H]1CN2CC[C@H]1C[C@@H]2Cn1cc(C(C)=O)nn1. The van der Waals surface area contributed by atoms with Crippen LogP contribution in [-0.4, -0.2) is 69.7 Å². The van der Waals surface area contributed by atoms with E-state index in [9.17, 15) is 14.4 Å². The maximum atomic E-state index is 12.5. The molecule has 9 heteroatoms. The van der Waals surface area contributed by atoms with Crippen LogP contribution in [0.4, 0.5) is 0 Å². The molecule has 4 heterocycles. The van der Waals surface area contributed by atoms with Gasteiger partial charge in [-0.2, -0.15) is 0 Å². The number of amides is 2. The molecule has 1 aromatic heterocycles. The van der Waals surface area contributed by atoms with Gasteiger partial charge in [-0.25, -0.2) is 0 Å². The van der Waals surface area contributed by atoms with Gasteiger partial charge in [0.05, 0.1) is 18.7 Å².